The lowest BCUT2D eigenvalue weighted by atomic mass is 9.94. The Hall–Kier alpha value is -1.31. The van der Waals surface area contributed by atoms with Crippen molar-refractivity contribution in [2.24, 2.45) is 5.92 Å². The maximum atomic E-state index is 7.81. The lowest BCUT2D eigenvalue weighted by molar-refractivity contribution is 0.310. The number of hydrogen-bond donors (Lipinski definition) is 1. The molecule has 14 heavy (non-hydrogen) atoms. The highest BCUT2D eigenvalue weighted by atomic mass is 16.5. The lowest BCUT2D eigenvalue weighted by Crippen LogP contribution is -2.17. The predicted molar refractivity (Wildman–Crippen MR) is 54.6 cm³/mol. The van der Waals surface area contributed by atoms with Crippen LogP contribution in [-0.4, -0.2) is 12.5 Å². The molecule has 0 bridgehead atoms. The zero-order valence-corrected chi connectivity index (χ0v) is 8.21. The van der Waals surface area contributed by atoms with Crippen LogP contribution in [0.3, 0.4) is 0 Å². The minimum Gasteiger partial charge on any atom is -0.480 e. The summed E-state index contributed by atoms with van der Waals surface area (Å²) in [5.41, 5.74) is 2.50. The van der Waals surface area contributed by atoms with Crippen molar-refractivity contribution in [3.8, 4) is 0 Å². The van der Waals surface area contributed by atoms with E-state index in [1.165, 1.54) is 11.1 Å². The van der Waals surface area contributed by atoms with Gasteiger partial charge in [-0.2, -0.15) is 0 Å². The number of rotatable bonds is 1. The molecule has 0 aromatic heterocycles. The first-order chi connectivity index (χ1) is 6.73. The molecule has 2 unspecified atom stereocenters. The third-order valence-electron chi connectivity index (χ3n) is 3.51. The Morgan fingerprint density at radius 2 is 2.07 bits per heavy atom. The summed E-state index contributed by atoms with van der Waals surface area (Å²) in [6.07, 6.45) is 1.11. The van der Waals surface area contributed by atoms with E-state index >= 15 is 0 Å². The smallest absolute Gasteiger partial charge is 0.191 e. The van der Waals surface area contributed by atoms with Crippen molar-refractivity contribution in [1.29, 1.82) is 5.41 Å². The Labute approximate surface area is 83.4 Å². The molecule has 0 radical (unpaired) electrons. The Kier molecular flexibility index (Phi) is 1.37. The van der Waals surface area contributed by atoms with Gasteiger partial charge in [0.15, 0.2) is 5.90 Å². The monoisotopic (exact) mass is 187 g/mol. The summed E-state index contributed by atoms with van der Waals surface area (Å²) in [6.45, 7) is 2.83. The van der Waals surface area contributed by atoms with E-state index < -0.39 is 0 Å². The van der Waals surface area contributed by atoms with E-state index in [-0.39, 0.29) is 5.41 Å². The van der Waals surface area contributed by atoms with Crippen LogP contribution in [0, 0.1) is 18.3 Å². The van der Waals surface area contributed by atoms with Crippen molar-refractivity contribution in [3.63, 3.8) is 0 Å². The van der Waals surface area contributed by atoms with Crippen molar-refractivity contribution >= 4 is 5.90 Å². The lowest BCUT2D eigenvalue weighted by Gasteiger charge is -2.12. The molecule has 0 spiro atoms. The Balaban J connectivity index is 2.04. The molecule has 1 aromatic carbocycles. The van der Waals surface area contributed by atoms with Gasteiger partial charge >= 0.3 is 0 Å². The molecule has 1 aliphatic heterocycles. The van der Waals surface area contributed by atoms with E-state index in [2.05, 4.69) is 31.2 Å². The molecule has 2 fully saturated rings. The van der Waals surface area contributed by atoms with Crippen LogP contribution in [0.2, 0.25) is 0 Å². The largest absolute Gasteiger partial charge is 0.480 e. The van der Waals surface area contributed by atoms with E-state index in [1.807, 2.05) is 0 Å². The van der Waals surface area contributed by atoms with Crippen LogP contribution in [0.15, 0.2) is 24.3 Å². The molecule has 1 aromatic rings. The minimum atomic E-state index is -0.0340. The van der Waals surface area contributed by atoms with Gasteiger partial charge in [0.2, 0.25) is 0 Å². The second-order valence-electron chi connectivity index (χ2n) is 4.38. The molecule has 1 saturated carbocycles. The predicted octanol–water partition coefficient (Wildman–Crippen LogP) is 2.26. The second kappa shape index (κ2) is 2.38. The van der Waals surface area contributed by atoms with Crippen LogP contribution in [-0.2, 0) is 10.2 Å². The van der Waals surface area contributed by atoms with Crippen molar-refractivity contribution < 1.29 is 4.74 Å². The van der Waals surface area contributed by atoms with Crippen molar-refractivity contribution in [2.75, 3.05) is 6.61 Å². The van der Waals surface area contributed by atoms with Gasteiger partial charge in [0.05, 0.1) is 12.0 Å². The third-order valence-corrected chi connectivity index (χ3v) is 3.51. The Morgan fingerprint density at radius 1 is 1.36 bits per heavy atom. The second-order valence-corrected chi connectivity index (χ2v) is 4.38. The average molecular weight is 187 g/mol. The van der Waals surface area contributed by atoms with Crippen LogP contribution in [0.1, 0.15) is 17.5 Å². The zero-order chi connectivity index (χ0) is 9.76. The fourth-order valence-electron chi connectivity index (χ4n) is 2.46. The van der Waals surface area contributed by atoms with E-state index in [0.717, 1.165) is 13.0 Å². The SMILES string of the molecule is Cc1ccc(C23CC2COC3=N)cc1. The number of fused-ring (bicyclic) bond motifs is 1. The highest BCUT2D eigenvalue weighted by molar-refractivity contribution is 5.92. The van der Waals surface area contributed by atoms with Gasteiger partial charge in [0.25, 0.3) is 0 Å². The van der Waals surface area contributed by atoms with Crippen molar-refractivity contribution in [3.05, 3.63) is 35.4 Å². The van der Waals surface area contributed by atoms with Crippen LogP contribution in [0.25, 0.3) is 0 Å². The van der Waals surface area contributed by atoms with Gasteiger partial charge < -0.3 is 4.74 Å². The molecular formula is C12H13NO. The molecule has 0 amide bonds. The molecule has 1 aliphatic carbocycles. The molecule has 2 aliphatic rings. The summed E-state index contributed by atoms with van der Waals surface area (Å²) >= 11 is 0. The maximum absolute atomic E-state index is 7.81. The maximum Gasteiger partial charge on any atom is 0.191 e. The van der Waals surface area contributed by atoms with E-state index in [4.69, 9.17) is 10.1 Å². The molecular weight excluding hydrogens is 174 g/mol. The fraction of sp³-hybridized carbons (Fsp3) is 0.417. The molecule has 2 heteroatoms. The first-order valence-corrected chi connectivity index (χ1v) is 5.02. The number of nitrogens with one attached hydrogen (secondary N) is 1. The molecule has 72 valence electrons. The first-order valence-electron chi connectivity index (χ1n) is 5.02. The normalized spacial score (nSPS) is 33.8. The number of ether oxygens (including phenoxy) is 1. The summed E-state index contributed by atoms with van der Waals surface area (Å²) < 4.78 is 5.29. The summed E-state index contributed by atoms with van der Waals surface area (Å²) in [7, 11) is 0. The molecule has 3 rings (SSSR count). The summed E-state index contributed by atoms with van der Waals surface area (Å²) in [5.74, 6) is 1.05. The van der Waals surface area contributed by atoms with Gasteiger partial charge in [-0.3, -0.25) is 5.41 Å². The van der Waals surface area contributed by atoms with Gasteiger partial charge in [-0.1, -0.05) is 29.8 Å². The molecule has 1 heterocycles. The van der Waals surface area contributed by atoms with Crippen LogP contribution < -0.4 is 0 Å². The third kappa shape index (κ3) is 0.834. The number of hydrogen-bond acceptors (Lipinski definition) is 2. The highest BCUT2D eigenvalue weighted by Crippen LogP contribution is 2.59. The topological polar surface area (TPSA) is 33.1 Å². The van der Waals surface area contributed by atoms with E-state index in [0.29, 0.717) is 11.8 Å². The van der Waals surface area contributed by atoms with Crippen LogP contribution >= 0.6 is 0 Å². The standard InChI is InChI=1S/C12H13NO/c1-8-2-4-9(5-3-8)12-6-10(12)7-14-11(12)13/h2-5,10,13H,6-7H2,1H3. The Morgan fingerprint density at radius 3 is 2.57 bits per heavy atom. The van der Waals surface area contributed by atoms with Crippen LogP contribution in [0.5, 0.6) is 0 Å². The number of benzene rings is 1. The molecule has 1 N–H and O–H groups in total. The van der Waals surface area contributed by atoms with Gasteiger partial charge in [-0.25, -0.2) is 0 Å². The summed E-state index contributed by atoms with van der Waals surface area (Å²) in [5, 5.41) is 7.81. The quantitative estimate of drug-likeness (QED) is 0.718. The minimum absolute atomic E-state index is 0.0340. The Bertz CT molecular complexity index is 395. The highest BCUT2D eigenvalue weighted by Gasteiger charge is 2.64. The summed E-state index contributed by atoms with van der Waals surface area (Å²) in [6, 6.07) is 8.51. The van der Waals surface area contributed by atoms with Gasteiger partial charge in [0, 0.05) is 5.92 Å². The van der Waals surface area contributed by atoms with Crippen molar-refractivity contribution in [2.45, 2.75) is 18.8 Å². The van der Waals surface area contributed by atoms with E-state index in [1.54, 1.807) is 0 Å². The van der Waals surface area contributed by atoms with E-state index in [9.17, 15) is 0 Å². The van der Waals surface area contributed by atoms with Gasteiger partial charge in [-0.05, 0) is 18.9 Å². The molecule has 2 atom stereocenters. The molecule has 2 nitrogen and oxygen atoms in total. The zero-order valence-electron chi connectivity index (χ0n) is 8.21. The summed E-state index contributed by atoms with van der Waals surface area (Å²) in [4.78, 5) is 0. The van der Waals surface area contributed by atoms with Crippen LogP contribution in [0.4, 0.5) is 0 Å². The van der Waals surface area contributed by atoms with Crippen molar-refractivity contribution in [1.82, 2.24) is 0 Å². The van der Waals surface area contributed by atoms with Gasteiger partial charge in [-0.15, -0.1) is 0 Å². The van der Waals surface area contributed by atoms with Gasteiger partial charge in [0.1, 0.15) is 0 Å². The average Bonchev–Trinajstić information content (AvgIpc) is 2.84. The number of aryl methyl sites for hydroxylation is 1. The molecule has 1 saturated heterocycles. The fourth-order valence-corrected chi connectivity index (χ4v) is 2.46. The first kappa shape index (κ1) is 8.04.